The summed E-state index contributed by atoms with van der Waals surface area (Å²) in [5, 5.41) is 9.03. The molecule has 1 aliphatic carbocycles. The van der Waals surface area contributed by atoms with E-state index in [9.17, 15) is 8.42 Å². The molecule has 0 amide bonds. The SMILES string of the molecule is CC(C)(C)S(=O)(=O)NCC1CC(O)C1. The molecule has 0 bridgehead atoms. The summed E-state index contributed by atoms with van der Waals surface area (Å²) in [5.74, 6) is 0.308. The fourth-order valence-electron chi connectivity index (χ4n) is 1.31. The van der Waals surface area contributed by atoms with E-state index in [-0.39, 0.29) is 6.10 Å². The zero-order valence-electron chi connectivity index (χ0n) is 8.95. The molecule has 0 spiro atoms. The highest BCUT2D eigenvalue weighted by Gasteiger charge is 2.32. The van der Waals surface area contributed by atoms with E-state index in [1.807, 2.05) is 0 Å². The van der Waals surface area contributed by atoms with E-state index in [2.05, 4.69) is 4.72 Å². The van der Waals surface area contributed by atoms with Crippen LogP contribution in [0.15, 0.2) is 0 Å². The minimum Gasteiger partial charge on any atom is -0.393 e. The molecule has 0 unspecified atom stereocenters. The van der Waals surface area contributed by atoms with Crippen LogP contribution >= 0.6 is 0 Å². The average molecular weight is 221 g/mol. The molecule has 5 heteroatoms. The summed E-state index contributed by atoms with van der Waals surface area (Å²) in [5.41, 5.74) is 0. The second-order valence-corrected chi connectivity index (χ2v) is 7.48. The van der Waals surface area contributed by atoms with Crippen molar-refractivity contribution in [3.63, 3.8) is 0 Å². The van der Waals surface area contributed by atoms with Gasteiger partial charge >= 0.3 is 0 Å². The maximum Gasteiger partial charge on any atom is 0.216 e. The molecule has 1 rings (SSSR count). The third-order valence-corrected chi connectivity index (χ3v) is 4.74. The van der Waals surface area contributed by atoms with Crippen LogP contribution in [-0.4, -0.2) is 30.9 Å². The van der Waals surface area contributed by atoms with E-state index in [1.54, 1.807) is 20.8 Å². The molecule has 14 heavy (non-hydrogen) atoms. The topological polar surface area (TPSA) is 66.4 Å². The van der Waals surface area contributed by atoms with Gasteiger partial charge in [-0.1, -0.05) is 0 Å². The van der Waals surface area contributed by atoms with E-state index in [1.165, 1.54) is 0 Å². The van der Waals surface area contributed by atoms with Gasteiger partial charge in [-0.15, -0.1) is 0 Å². The van der Waals surface area contributed by atoms with Crippen LogP contribution in [0.3, 0.4) is 0 Å². The zero-order chi connectivity index (χ0) is 11.0. The first-order chi connectivity index (χ1) is 6.22. The van der Waals surface area contributed by atoms with Gasteiger partial charge in [0.1, 0.15) is 0 Å². The predicted molar refractivity (Wildman–Crippen MR) is 55.4 cm³/mol. The molecule has 0 saturated heterocycles. The van der Waals surface area contributed by atoms with Gasteiger partial charge in [0.05, 0.1) is 10.9 Å². The van der Waals surface area contributed by atoms with Crippen molar-refractivity contribution in [1.29, 1.82) is 0 Å². The molecule has 2 N–H and O–H groups in total. The molecular weight excluding hydrogens is 202 g/mol. The minimum absolute atomic E-state index is 0.223. The Bertz CT molecular complexity index is 286. The molecule has 0 aliphatic heterocycles. The van der Waals surface area contributed by atoms with E-state index >= 15 is 0 Å². The van der Waals surface area contributed by atoms with Gasteiger partial charge in [0.15, 0.2) is 0 Å². The standard InChI is InChI=1S/C9H19NO3S/c1-9(2,3)14(12,13)10-6-7-4-8(11)5-7/h7-8,10-11H,4-6H2,1-3H3. The van der Waals surface area contributed by atoms with Gasteiger partial charge in [0.2, 0.25) is 10.0 Å². The maximum absolute atomic E-state index is 11.6. The summed E-state index contributed by atoms with van der Waals surface area (Å²) in [6, 6.07) is 0. The van der Waals surface area contributed by atoms with Crippen LogP contribution in [0.1, 0.15) is 33.6 Å². The number of sulfonamides is 1. The number of hydrogen-bond acceptors (Lipinski definition) is 3. The van der Waals surface area contributed by atoms with Crippen molar-refractivity contribution in [3.8, 4) is 0 Å². The molecular formula is C9H19NO3S. The van der Waals surface area contributed by atoms with Crippen LogP contribution in [-0.2, 0) is 10.0 Å². The largest absolute Gasteiger partial charge is 0.393 e. The van der Waals surface area contributed by atoms with Crippen LogP contribution in [0.4, 0.5) is 0 Å². The van der Waals surface area contributed by atoms with Crippen molar-refractivity contribution in [2.75, 3.05) is 6.54 Å². The third kappa shape index (κ3) is 2.68. The lowest BCUT2D eigenvalue weighted by molar-refractivity contribution is 0.0453. The molecule has 0 radical (unpaired) electrons. The minimum atomic E-state index is -3.22. The van der Waals surface area contributed by atoms with E-state index in [4.69, 9.17) is 5.11 Å². The van der Waals surface area contributed by atoms with E-state index in [0.29, 0.717) is 25.3 Å². The number of aliphatic hydroxyl groups excluding tert-OH is 1. The smallest absolute Gasteiger partial charge is 0.216 e. The van der Waals surface area contributed by atoms with Crippen LogP contribution in [0.5, 0.6) is 0 Å². The normalized spacial score (nSPS) is 28.6. The molecule has 0 aromatic carbocycles. The Kier molecular flexibility index (Phi) is 3.23. The van der Waals surface area contributed by atoms with Crippen LogP contribution in [0.25, 0.3) is 0 Å². The van der Waals surface area contributed by atoms with Crippen LogP contribution < -0.4 is 4.72 Å². The van der Waals surface area contributed by atoms with Crippen molar-refractivity contribution >= 4 is 10.0 Å². The number of rotatable bonds is 3. The lowest BCUT2D eigenvalue weighted by atomic mass is 9.83. The van der Waals surface area contributed by atoms with Crippen molar-refractivity contribution in [2.45, 2.75) is 44.5 Å². The predicted octanol–water partition coefficient (Wildman–Crippen LogP) is 0.475. The highest BCUT2D eigenvalue weighted by atomic mass is 32.2. The van der Waals surface area contributed by atoms with Crippen molar-refractivity contribution in [3.05, 3.63) is 0 Å². The maximum atomic E-state index is 11.6. The monoisotopic (exact) mass is 221 g/mol. The fraction of sp³-hybridized carbons (Fsp3) is 1.00. The summed E-state index contributed by atoms with van der Waals surface area (Å²) in [6.45, 7) is 5.47. The number of hydrogen-bond donors (Lipinski definition) is 2. The molecule has 84 valence electrons. The average Bonchev–Trinajstić information content (AvgIpc) is 1.93. The summed E-state index contributed by atoms with van der Waals surface area (Å²) >= 11 is 0. The lowest BCUT2D eigenvalue weighted by Gasteiger charge is -2.32. The Labute approximate surface area is 85.8 Å². The molecule has 1 fully saturated rings. The van der Waals surface area contributed by atoms with Gasteiger partial charge < -0.3 is 5.11 Å². The Morgan fingerprint density at radius 2 is 1.86 bits per heavy atom. The van der Waals surface area contributed by atoms with E-state index in [0.717, 1.165) is 0 Å². The summed E-state index contributed by atoms with van der Waals surface area (Å²) < 4.78 is 25.0. The molecule has 0 aromatic heterocycles. The first-order valence-corrected chi connectivity index (χ1v) is 6.38. The zero-order valence-corrected chi connectivity index (χ0v) is 9.76. The van der Waals surface area contributed by atoms with Crippen molar-refractivity contribution < 1.29 is 13.5 Å². The Morgan fingerprint density at radius 1 is 1.36 bits per heavy atom. The van der Waals surface area contributed by atoms with Gasteiger partial charge in [0.25, 0.3) is 0 Å². The number of nitrogens with one attached hydrogen (secondary N) is 1. The summed E-state index contributed by atoms with van der Waals surface area (Å²) in [7, 11) is -3.22. The van der Waals surface area contributed by atoms with Gasteiger partial charge in [-0.3, -0.25) is 0 Å². The van der Waals surface area contributed by atoms with Gasteiger partial charge in [-0.2, -0.15) is 0 Å². The first kappa shape index (κ1) is 11.9. The lowest BCUT2D eigenvalue weighted by Crippen LogP contribution is -2.44. The second-order valence-electron chi connectivity index (χ2n) is 4.96. The highest BCUT2D eigenvalue weighted by molar-refractivity contribution is 7.90. The van der Waals surface area contributed by atoms with Gasteiger partial charge in [-0.05, 0) is 39.5 Å². The highest BCUT2D eigenvalue weighted by Crippen LogP contribution is 2.26. The molecule has 1 saturated carbocycles. The first-order valence-electron chi connectivity index (χ1n) is 4.89. The molecule has 1 aliphatic rings. The quantitative estimate of drug-likeness (QED) is 0.728. The molecule has 0 atom stereocenters. The Balaban J connectivity index is 2.38. The van der Waals surface area contributed by atoms with Gasteiger partial charge in [-0.25, -0.2) is 13.1 Å². The summed E-state index contributed by atoms with van der Waals surface area (Å²) in [6.07, 6.45) is 1.21. The molecule has 0 heterocycles. The molecule has 0 aromatic rings. The molecule has 4 nitrogen and oxygen atoms in total. The summed E-state index contributed by atoms with van der Waals surface area (Å²) in [4.78, 5) is 0. The fourth-order valence-corrected chi connectivity index (χ4v) is 2.20. The Morgan fingerprint density at radius 3 is 2.21 bits per heavy atom. The van der Waals surface area contributed by atoms with Crippen LogP contribution in [0.2, 0.25) is 0 Å². The van der Waals surface area contributed by atoms with Crippen molar-refractivity contribution in [2.24, 2.45) is 5.92 Å². The second kappa shape index (κ2) is 3.79. The van der Waals surface area contributed by atoms with Crippen molar-refractivity contribution in [1.82, 2.24) is 4.72 Å². The third-order valence-electron chi connectivity index (χ3n) is 2.58. The Hall–Kier alpha value is -0.130. The van der Waals surface area contributed by atoms with Gasteiger partial charge in [0, 0.05) is 6.54 Å². The number of aliphatic hydroxyl groups is 1. The van der Waals surface area contributed by atoms with Crippen LogP contribution in [0, 0.1) is 5.92 Å². The van der Waals surface area contributed by atoms with E-state index < -0.39 is 14.8 Å².